The number of sulfone groups is 1. The van der Waals surface area contributed by atoms with Gasteiger partial charge < -0.3 is 9.13 Å². The summed E-state index contributed by atoms with van der Waals surface area (Å²) in [7, 11) is -3.77. The van der Waals surface area contributed by atoms with E-state index < -0.39 is 9.84 Å². The molecule has 5 nitrogen and oxygen atoms in total. The summed E-state index contributed by atoms with van der Waals surface area (Å²) in [6.07, 6.45) is 0. The molecular formula is C43H25N3O2S2. The maximum absolute atomic E-state index is 13.6. The lowest BCUT2D eigenvalue weighted by Gasteiger charge is -2.11. The molecule has 0 aliphatic carbocycles. The molecule has 10 aromatic rings. The summed E-state index contributed by atoms with van der Waals surface area (Å²) >= 11 is 1.79. The molecule has 0 bridgehead atoms. The van der Waals surface area contributed by atoms with Crippen molar-refractivity contribution in [2.24, 2.45) is 0 Å². The van der Waals surface area contributed by atoms with Crippen molar-refractivity contribution in [1.82, 2.24) is 9.13 Å². The van der Waals surface area contributed by atoms with Crippen LogP contribution >= 0.6 is 11.3 Å². The van der Waals surface area contributed by atoms with E-state index in [9.17, 15) is 13.7 Å². The van der Waals surface area contributed by atoms with Crippen LogP contribution in [0, 0.1) is 11.3 Å². The Morgan fingerprint density at radius 2 is 1.00 bits per heavy atom. The molecule has 10 rings (SSSR count). The minimum Gasteiger partial charge on any atom is -0.309 e. The van der Waals surface area contributed by atoms with Crippen molar-refractivity contribution in [3.8, 4) is 17.4 Å². The lowest BCUT2D eigenvalue weighted by molar-refractivity contribution is 0.596. The number of nitrogens with zero attached hydrogens (tertiary/aromatic N) is 3. The molecule has 0 saturated heterocycles. The van der Waals surface area contributed by atoms with Gasteiger partial charge in [0.05, 0.1) is 43.5 Å². The highest BCUT2D eigenvalue weighted by Crippen LogP contribution is 2.43. The zero-order valence-corrected chi connectivity index (χ0v) is 28.0. The number of aromatic nitrogens is 2. The van der Waals surface area contributed by atoms with E-state index in [-0.39, 0.29) is 9.79 Å². The van der Waals surface area contributed by atoms with Gasteiger partial charge in [0.2, 0.25) is 9.84 Å². The van der Waals surface area contributed by atoms with Crippen molar-refractivity contribution < 1.29 is 8.42 Å². The molecule has 0 amide bonds. The maximum atomic E-state index is 13.6. The van der Waals surface area contributed by atoms with Gasteiger partial charge in [-0.15, -0.1) is 11.3 Å². The molecule has 0 aliphatic heterocycles. The van der Waals surface area contributed by atoms with Crippen molar-refractivity contribution in [1.29, 1.82) is 5.26 Å². The third-order valence-electron chi connectivity index (χ3n) is 9.77. The van der Waals surface area contributed by atoms with E-state index in [0.717, 1.165) is 49.6 Å². The second kappa shape index (κ2) is 10.6. The van der Waals surface area contributed by atoms with Crippen LogP contribution in [0.5, 0.6) is 0 Å². The lowest BCUT2D eigenvalue weighted by Crippen LogP contribution is -2.03. The van der Waals surface area contributed by atoms with Gasteiger partial charge in [0, 0.05) is 53.1 Å². The van der Waals surface area contributed by atoms with Crippen molar-refractivity contribution in [3.63, 3.8) is 0 Å². The summed E-state index contributed by atoms with van der Waals surface area (Å²) in [5.74, 6) is 0. The molecule has 0 N–H and O–H groups in total. The molecule has 0 saturated carbocycles. The van der Waals surface area contributed by atoms with Gasteiger partial charge >= 0.3 is 0 Å². The van der Waals surface area contributed by atoms with E-state index in [1.165, 1.54) is 49.8 Å². The Morgan fingerprint density at radius 3 is 1.72 bits per heavy atom. The molecular weight excluding hydrogens is 655 g/mol. The van der Waals surface area contributed by atoms with Crippen LogP contribution < -0.4 is 0 Å². The average Bonchev–Trinajstić information content (AvgIpc) is 3.80. The second-order valence-corrected chi connectivity index (χ2v) is 15.5. The minimum absolute atomic E-state index is 0.158. The lowest BCUT2D eigenvalue weighted by atomic mass is 10.1. The van der Waals surface area contributed by atoms with Crippen LogP contribution in [0.2, 0.25) is 0 Å². The molecule has 3 aromatic heterocycles. The SMILES string of the molecule is N#Cc1ccc(S(=O)(=O)c2ccc(-n3c4cc5sc6ccccc6c5cc4c4cc5c(cc43)c3ccccc3n5-c3ccccc3)cc2)cc1. The zero-order valence-electron chi connectivity index (χ0n) is 26.4. The summed E-state index contributed by atoms with van der Waals surface area (Å²) in [6.45, 7) is 0. The van der Waals surface area contributed by atoms with Crippen LogP contribution in [-0.2, 0) is 9.84 Å². The molecule has 0 radical (unpaired) electrons. The van der Waals surface area contributed by atoms with E-state index in [4.69, 9.17) is 0 Å². The number of fused-ring (bicyclic) bond motifs is 9. The van der Waals surface area contributed by atoms with Crippen molar-refractivity contribution in [3.05, 3.63) is 157 Å². The van der Waals surface area contributed by atoms with Crippen LogP contribution in [0.1, 0.15) is 5.56 Å². The fourth-order valence-electron chi connectivity index (χ4n) is 7.45. The highest BCUT2D eigenvalue weighted by Gasteiger charge is 2.22. The summed E-state index contributed by atoms with van der Waals surface area (Å²) < 4.78 is 34.2. The van der Waals surface area contributed by atoms with E-state index in [1.54, 1.807) is 23.5 Å². The first kappa shape index (κ1) is 28.8. The van der Waals surface area contributed by atoms with Crippen LogP contribution in [0.4, 0.5) is 0 Å². The molecule has 7 heteroatoms. The van der Waals surface area contributed by atoms with Crippen LogP contribution in [-0.4, -0.2) is 17.6 Å². The molecule has 236 valence electrons. The zero-order chi connectivity index (χ0) is 33.6. The fourth-order valence-corrected chi connectivity index (χ4v) is 9.83. The third kappa shape index (κ3) is 4.13. The molecule has 0 atom stereocenters. The Labute approximate surface area is 291 Å². The summed E-state index contributed by atoms with van der Waals surface area (Å²) in [5, 5.41) is 16.2. The number of hydrogen-bond donors (Lipinski definition) is 0. The third-order valence-corrected chi connectivity index (χ3v) is 12.7. The Bertz CT molecular complexity index is 3150. The first-order valence-corrected chi connectivity index (χ1v) is 18.5. The summed E-state index contributed by atoms with van der Waals surface area (Å²) in [5.41, 5.74) is 6.77. The normalized spacial score (nSPS) is 12.1. The van der Waals surface area contributed by atoms with Gasteiger partial charge in [-0.25, -0.2) is 8.42 Å². The number of para-hydroxylation sites is 2. The van der Waals surface area contributed by atoms with Crippen molar-refractivity contribution in [2.75, 3.05) is 0 Å². The second-order valence-electron chi connectivity index (χ2n) is 12.5. The van der Waals surface area contributed by atoms with Gasteiger partial charge in [-0.2, -0.15) is 5.26 Å². The predicted molar refractivity (Wildman–Crippen MR) is 205 cm³/mol. The van der Waals surface area contributed by atoms with Crippen LogP contribution in [0.3, 0.4) is 0 Å². The van der Waals surface area contributed by atoms with E-state index in [2.05, 4.69) is 106 Å². The molecule has 7 aromatic carbocycles. The number of hydrogen-bond acceptors (Lipinski definition) is 4. The standard InChI is InChI=1S/C43H25N3O2S2/c44-26-27-14-18-30(19-15-27)50(47,48)31-20-16-29(17-21-31)46-40-23-35-32-10-4-6-12-38(32)45(28-8-2-1-3-9-28)39(35)24-36(40)34-22-37-33-11-5-7-13-42(33)49-43(37)25-41(34)46/h1-25H. The quantitative estimate of drug-likeness (QED) is 0.186. The number of thiophene rings is 1. The number of rotatable bonds is 4. The van der Waals surface area contributed by atoms with Crippen molar-refractivity contribution >= 4 is 85.0 Å². The van der Waals surface area contributed by atoms with Crippen LogP contribution in [0.15, 0.2) is 161 Å². The minimum atomic E-state index is -3.77. The molecule has 0 unspecified atom stereocenters. The number of nitriles is 1. The monoisotopic (exact) mass is 679 g/mol. The first-order valence-electron chi connectivity index (χ1n) is 16.2. The Balaban J connectivity index is 1.27. The highest BCUT2D eigenvalue weighted by molar-refractivity contribution is 7.91. The Kier molecular flexibility index (Phi) is 6.13. The Hall–Kier alpha value is -6.20. The molecule has 50 heavy (non-hydrogen) atoms. The average molecular weight is 680 g/mol. The maximum Gasteiger partial charge on any atom is 0.206 e. The van der Waals surface area contributed by atoms with Gasteiger partial charge in [0.15, 0.2) is 0 Å². The number of benzene rings is 7. The molecule has 0 aliphatic rings. The van der Waals surface area contributed by atoms with Gasteiger partial charge in [-0.05, 0) is 97.1 Å². The Morgan fingerprint density at radius 1 is 0.460 bits per heavy atom. The molecule has 3 heterocycles. The fraction of sp³-hybridized carbons (Fsp3) is 0. The summed E-state index contributed by atoms with van der Waals surface area (Å²) in [6, 6.07) is 52.0. The van der Waals surface area contributed by atoms with Crippen molar-refractivity contribution in [2.45, 2.75) is 9.79 Å². The van der Waals surface area contributed by atoms with E-state index >= 15 is 0 Å². The van der Waals surface area contributed by atoms with E-state index in [0.29, 0.717) is 5.56 Å². The van der Waals surface area contributed by atoms with Gasteiger partial charge in [-0.1, -0.05) is 54.6 Å². The van der Waals surface area contributed by atoms with Crippen LogP contribution in [0.25, 0.3) is 75.2 Å². The van der Waals surface area contributed by atoms with E-state index in [1.807, 2.05) is 24.3 Å². The molecule has 0 spiro atoms. The van der Waals surface area contributed by atoms with Gasteiger partial charge in [0.25, 0.3) is 0 Å². The first-order chi connectivity index (χ1) is 24.5. The summed E-state index contributed by atoms with van der Waals surface area (Å²) in [4.78, 5) is 0.359. The largest absolute Gasteiger partial charge is 0.309 e. The smallest absolute Gasteiger partial charge is 0.206 e. The topological polar surface area (TPSA) is 67.8 Å². The highest BCUT2D eigenvalue weighted by atomic mass is 32.2. The molecule has 0 fully saturated rings. The van der Waals surface area contributed by atoms with Gasteiger partial charge in [-0.3, -0.25) is 0 Å². The predicted octanol–water partition coefficient (Wildman–Crippen LogP) is 11.0. The van der Waals surface area contributed by atoms with Gasteiger partial charge in [0.1, 0.15) is 0 Å².